The molecule has 0 radical (unpaired) electrons. The van der Waals surface area contributed by atoms with Crippen molar-refractivity contribution in [1.29, 1.82) is 0 Å². The molecule has 0 bridgehead atoms. The van der Waals surface area contributed by atoms with Crippen molar-refractivity contribution in [2.24, 2.45) is 5.92 Å². The number of hydrogen-bond donors (Lipinski definition) is 1. The van der Waals surface area contributed by atoms with Crippen LogP contribution in [0.25, 0.3) is 0 Å². The van der Waals surface area contributed by atoms with Gasteiger partial charge in [0.05, 0.1) is 0 Å². The van der Waals surface area contributed by atoms with Gasteiger partial charge >= 0.3 is 0 Å². The van der Waals surface area contributed by atoms with Gasteiger partial charge in [-0.15, -0.1) is 0 Å². The van der Waals surface area contributed by atoms with E-state index in [0.717, 1.165) is 17.9 Å². The van der Waals surface area contributed by atoms with Crippen LogP contribution in [0.5, 0.6) is 0 Å². The molecule has 1 unspecified atom stereocenters. The number of hydrogen-bond acceptors (Lipinski definition) is 2. The first-order chi connectivity index (χ1) is 8.81. The summed E-state index contributed by atoms with van der Waals surface area (Å²) in [5.74, 6) is 4.50. The zero-order chi connectivity index (χ0) is 12.4. The number of nitrogens with one attached hydrogen (secondary N) is 1. The van der Waals surface area contributed by atoms with E-state index in [0.29, 0.717) is 0 Å². The maximum Gasteiger partial charge on any atom is 0.00788 e. The molecule has 2 fully saturated rings. The molecule has 1 N–H and O–H groups in total. The van der Waals surface area contributed by atoms with Crippen LogP contribution in [-0.2, 0) is 0 Å². The molecule has 1 aromatic carbocycles. The molecule has 0 aromatic heterocycles. The molecule has 1 saturated carbocycles. The molecule has 1 heterocycles. The fourth-order valence-electron chi connectivity index (χ4n) is 2.97. The van der Waals surface area contributed by atoms with E-state index in [1.54, 1.807) is 0 Å². The quantitative estimate of drug-likeness (QED) is 0.889. The maximum absolute atomic E-state index is 3.76. The summed E-state index contributed by atoms with van der Waals surface area (Å²) in [7, 11) is 0. The molecule has 2 heteroatoms. The molecular formula is C16H23NS. The Kier molecular flexibility index (Phi) is 3.95. The van der Waals surface area contributed by atoms with Crippen LogP contribution in [0.2, 0.25) is 0 Å². The van der Waals surface area contributed by atoms with E-state index >= 15 is 0 Å². The summed E-state index contributed by atoms with van der Waals surface area (Å²) in [6, 6.07) is 9.88. The van der Waals surface area contributed by atoms with Gasteiger partial charge in [0.1, 0.15) is 0 Å². The molecular weight excluding hydrogens is 238 g/mol. The molecule has 1 aliphatic carbocycles. The molecule has 3 rings (SSSR count). The molecule has 1 aliphatic heterocycles. The predicted molar refractivity (Wildman–Crippen MR) is 80.4 cm³/mol. The molecule has 18 heavy (non-hydrogen) atoms. The van der Waals surface area contributed by atoms with E-state index in [-0.39, 0.29) is 0 Å². The van der Waals surface area contributed by atoms with Gasteiger partial charge < -0.3 is 5.32 Å². The minimum atomic E-state index is 0.780. The SMILES string of the molecule is Cc1ccc(C2CC(NCC3CCSC3)C2)cc1. The molecule has 1 aromatic rings. The molecule has 98 valence electrons. The normalized spacial score (nSPS) is 31.3. The highest BCUT2D eigenvalue weighted by Crippen LogP contribution is 2.37. The number of benzene rings is 1. The fraction of sp³-hybridized carbons (Fsp3) is 0.625. The highest BCUT2D eigenvalue weighted by Gasteiger charge is 2.30. The van der Waals surface area contributed by atoms with Gasteiger partial charge in [-0.25, -0.2) is 0 Å². The second-order valence-corrected chi connectivity index (χ2v) is 7.06. The number of rotatable bonds is 4. The standard InChI is InChI=1S/C16H23NS/c1-12-2-4-14(5-3-12)15-8-16(9-15)17-10-13-6-7-18-11-13/h2-5,13,15-17H,6-11H2,1H3. The Morgan fingerprint density at radius 2 is 2.00 bits per heavy atom. The van der Waals surface area contributed by atoms with Crippen molar-refractivity contribution in [3.63, 3.8) is 0 Å². The lowest BCUT2D eigenvalue weighted by Gasteiger charge is -2.37. The second-order valence-electron chi connectivity index (χ2n) is 5.91. The summed E-state index contributed by atoms with van der Waals surface area (Å²) in [5.41, 5.74) is 2.90. The van der Waals surface area contributed by atoms with Crippen LogP contribution < -0.4 is 5.32 Å². The Balaban J connectivity index is 1.41. The van der Waals surface area contributed by atoms with Crippen LogP contribution in [0, 0.1) is 12.8 Å². The highest BCUT2D eigenvalue weighted by atomic mass is 32.2. The second kappa shape index (κ2) is 5.66. The van der Waals surface area contributed by atoms with Gasteiger partial charge in [0.15, 0.2) is 0 Å². The summed E-state index contributed by atoms with van der Waals surface area (Å²) < 4.78 is 0. The van der Waals surface area contributed by atoms with Crippen LogP contribution in [0.4, 0.5) is 0 Å². The Labute approximate surface area is 115 Å². The summed E-state index contributed by atoms with van der Waals surface area (Å²) in [6.45, 7) is 3.41. The average molecular weight is 261 g/mol. The molecule has 1 nitrogen and oxygen atoms in total. The van der Waals surface area contributed by atoms with E-state index < -0.39 is 0 Å². The third-order valence-corrected chi connectivity index (χ3v) is 5.64. The minimum absolute atomic E-state index is 0.780. The molecule has 1 atom stereocenters. The molecule has 2 aliphatic rings. The van der Waals surface area contributed by atoms with E-state index in [1.807, 2.05) is 0 Å². The fourth-order valence-corrected chi connectivity index (χ4v) is 4.26. The van der Waals surface area contributed by atoms with Crippen molar-refractivity contribution < 1.29 is 0 Å². The highest BCUT2D eigenvalue weighted by molar-refractivity contribution is 7.99. The van der Waals surface area contributed by atoms with Gasteiger partial charge in [-0.2, -0.15) is 11.8 Å². The molecule has 1 saturated heterocycles. The molecule has 0 amide bonds. The van der Waals surface area contributed by atoms with Crippen molar-refractivity contribution >= 4 is 11.8 Å². The molecule has 0 spiro atoms. The van der Waals surface area contributed by atoms with E-state index in [4.69, 9.17) is 0 Å². The number of thioether (sulfide) groups is 1. The van der Waals surface area contributed by atoms with Crippen LogP contribution in [0.3, 0.4) is 0 Å². The summed E-state index contributed by atoms with van der Waals surface area (Å²) in [6.07, 6.45) is 4.09. The smallest absolute Gasteiger partial charge is 0.00788 e. The third-order valence-electron chi connectivity index (χ3n) is 4.41. The van der Waals surface area contributed by atoms with Crippen LogP contribution in [-0.4, -0.2) is 24.1 Å². The number of aryl methyl sites for hydroxylation is 1. The third kappa shape index (κ3) is 2.92. The Hall–Kier alpha value is -0.470. The first kappa shape index (κ1) is 12.6. The van der Waals surface area contributed by atoms with Gasteiger partial charge in [0.2, 0.25) is 0 Å². The minimum Gasteiger partial charge on any atom is -0.314 e. The maximum atomic E-state index is 3.76. The Morgan fingerprint density at radius 3 is 2.67 bits per heavy atom. The van der Waals surface area contributed by atoms with Gasteiger partial charge in [-0.05, 0) is 61.6 Å². The lowest BCUT2D eigenvalue weighted by atomic mass is 9.75. The predicted octanol–water partition coefficient (Wildman–Crippen LogP) is 3.58. The Morgan fingerprint density at radius 1 is 1.22 bits per heavy atom. The monoisotopic (exact) mass is 261 g/mol. The largest absolute Gasteiger partial charge is 0.314 e. The van der Waals surface area contributed by atoms with Crippen molar-refractivity contribution in [2.45, 2.75) is 38.1 Å². The van der Waals surface area contributed by atoms with Gasteiger partial charge in [0, 0.05) is 6.04 Å². The van der Waals surface area contributed by atoms with Crippen molar-refractivity contribution in [2.75, 3.05) is 18.1 Å². The lowest BCUT2D eigenvalue weighted by Crippen LogP contribution is -2.42. The zero-order valence-electron chi connectivity index (χ0n) is 11.2. The average Bonchev–Trinajstić information content (AvgIpc) is 2.82. The van der Waals surface area contributed by atoms with Crippen molar-refractivity contribution in [3.8, 4) is 0 Å². The Bertz CT molecular complexity index is 375. The van der Waals surface area contributed by atoms with Gasteiger partial charge in [0.25, 0.3) is 0 Å². The van der Waals surface area contributed by atoms with Crippen LogP contribution in [0.1, 0.15) is 36.3 Å². The zero-order valence-corrected chi connectivity index (χ0v) is 12.0. The summed E-state index contributed by atoms with van der Waals surface area (Å²) >= 11 is 2.12. The lowest BCUT2D eigenvalue weighted by molar-refractivity contribution is 0.280. The van der Waals surface area contributed by atoms with E-state index in [1.165, 1.54) is 48.4 Å². The first-order valence-corrected chi connectivity index (χ1v) is 8.34. The summed E-state index contributed by atoms with van der Waals surface area (Å²) in [5, 5.41) is 3.76. The van der Waals surface area contributed by atoms with Gasteiger partial charge in [-0.1, -0.05) is 29.8 Å². The first-order valence-electron chi connectivity index (χ1n) is 7.19. The van der Waals surface area contributed by atoms with Crippen LogP contribution in [0.15, 0.2) is 24.3 Å². The topological polar surface area (TPSA) is 12.0 Å². The van der Waals surface area contributed by atoms with Crippen LogP contribution >= 0.6 is 11.8 Å². The van der Waals surface area contributed by atoms with Crippen molar-refractivity contribution in [3.05, 3.63) is 35.4 Å². The van der Waals surface area contributed by atoms with Gasteiger partial charge in [-0.3, -0.25) is 0 Å². The van der Waals surface area contributed by atoms with Crippen molar-refractivity contribution in [1.82, 2.24) is 5.32 Å². The van der Waals surface area contributed by atoms with E-state index in [2.05, 4.69) is 48.3 Å². The summed E-state index contributed by atoms with van der Waals surface area (Å²) in [4.78, 5) is 0. The van der Waals surface area contributed by atoms with E-state index in [9.17, 15) is 0 Å².